The molecule has 0 saturated heterocycles. The van der Waals surface area contributed by atoms with Crippen LogP contribution in [0.1, 0.15) is 0 Å². The smallest absolute Gasteiger partial charge is 0.449 e. The molecule has 1 N–H and O–H groups in total. The van der Waals surface area contributed by atoms with Crippen LogP contribution in [0.15, 0.2) is 0 Å². The Morgan fingerprint density at radius 2 is 2.12 bits per heavy atom. The van der Waals surface area contributed by atoms with E-state index in [9.17, 15) is 9.59 Å². The summed E-state index contributed by atoms with van der Waals surface area (Å²) in [6, 6.07) is 0.954. The number of carbonyl (C=O) groups excluding carboxylic acids is 1. The van der Waals surface area contributed by atoms with Crippen LogP contribution < -0.4 is 0 Å². The topological polar surface area (TPSA) is 87.4 Å². The van der Waals surface area contributed by atoms with Gasteiger partial charge in [0.25, 0.3) is 0 Å². The first-order valence-electron chi connectivity index (χ1n) is 1.51. The second-order valence-electron chi connectivity index (χ2n) is 0.767. The van der Waals surface area contributed by atoms with Crippen molar-refractivity contribution in [3.05, 3.63) is 0 Å². The van der Waals surface area contributed by atoms with Crippen LogP contribution in [0.25, 0.3) is 0 Å². The van der Waals surface area contributed by atoms with Gasteiger partial charge in [0.05, 0.1) is 0 Å². The summed E-state index contributed by atoms with van der Waals surface area (Å²) >= 11 is 0. The molecule has 0 aliphatic heterocycles. The van der Waals surface area contributed by atoms with E-state index < -0.39 is 12.1 Å². The summed E-state index contributed by atoms with van der Waals surface area (Å²) in [7, 11) is 0. The van der Waals surface area contributed by atoms with Crippen LogP contribution >= 0.6 is 0 Å². The van der Waals surface area contributed by atoms with Crippen molar-refractivity contribution >= 4 is 12.1 Å². The highest BCUT2D eigenvalue weighted by atomic mass is 16.7. The van der Waals surface area contributed by atoms with Crippen molar-refractivity contribution in [2.24, 2.45) is 0 Å². The molecule has 0 aromatic heterocycles. The third kappa shape index (κ3) is 2.66. The van der Waals surface area contributed by atoms with Crippen LogP contribution in [0.2, 0.25) is 0 Å². The van der Waals surface area contributed by atoms with Gasteiger partial charge in [0.15, 0.2) is 6.07 Å². The summed E-state index contributed by atoms with van der Waals surface area (Å²) < 4.78 is 3.32. The Morgan fingerprint density at radius 3 is 2.25 bits per heavy atom. The molecule has 0 aliphatic rings. The molecule has 0 unspecified atom stereocenters. The van der Waals surface area contributed by atoms with Crippen LogP contribution in [0, 0.1) is 11.3 Å². The normalized spacial score (nSPS) is 6.88. The maximum absolute atomic E-state index is 9.66. The number of hydrogen-bond acceptors (Lipinski definition) is 4. The van der Waals surface area contributed by atoms with E-state index >= 15 is 0 Å². The zero-order chi connectivity index (χ0) is 6.57. The molecule has 8 heavy (non-hydrogen) atoms. The summed E-state index contributed by atoms with van der Waals surface area (Å²) in [5.74, 6) is -1.42. The number of carboxylic acid groups (broad SMARTS) is 1. The fourth-order valence-electron chi connectivity index (χ4n) is 0.102. The third-order valence-corrected chi connectivity index (χ3v) is 0.271. The molecule has 0 bridgehead atoms. The Balaban J connectivity index is 3.61. The van der Waals surface area contributed by atoms with E-state index in [2.05, 4.69) is 4.74 Å². The van der Waals surface area contributed by atoms with E-state index in [1.54, 1.807) is 0 Å². The highest BCUT2D eigenvalue weighted by Gasteiger charge is 2.03. The van der Waals surface area contributed by atoms with E-state index in [4.69, 9.17) is 10.4 Å². The van der Waals surface area contributed by atoms with E-state index in [1.807, 2.05) is 0 Å². The fraction of sp³-hybridized carbons (Fsp3) is 0. The number of carbonyl (C=O) groups is 2. The summed E-state index contributed by atoms with van der Waals surface area (Å²) in [4.78, 5) is 19.0. The van der Waals surface area contributed by atoms with Crippen molar-refractivity contribution in [3.8, 4) is 6.07 Å². The monoisotopic (exact) mass is 115 g/mol. The molecular formula is C3HNO4. The SMILES string of the molecule is N#CC(=O)OC(=O)O. The summed E-state index contributed by atoms with van der Waals surface area (Å²) in [6.45, 7) is 0. The number of esters is 1. The highest BCUT2D eigenvalue weighted by Crippen LogP contribution is 1.74. The molecule has 0 atom stereocenters. The van der Waals surface area contributed by atoms with Gasteiger partial charge in [0.2, 0.25) is 0 Å². The van der Waals surface area contributed by atoms with Crippen molar-refractivity contribution < 1.29 is 19.4 Å². The van der Waals surface area contributed by atoms with Crippen LogP contribution in [0.5, 0.6) is 0 Å². The highest BCUT2D eigenvalue weighted by molar-refractivity contribution is 5.92. The first kappa shape index (κ1) is 6.43. The maximum atomic E-state index is 9.66. The molecule has 42 valence electrons. The second-order valence-corrected chi connectivity index (χ2v) is 0.767. The Morgan fingerprint density at radius 1 is 1.62 bits per heavy atom. The number of nitriles is 1. The van der Waals surface area contributed by atoms with Crippen molar-refractivity contribution in [1.82, 2.24) is 0 Å². The Bertz CT molecular complexity index is 155. The Hall–Kier alpha value is -1.57. The van der Waals surface area contributed by atoms with E-state index in [-0.39, 0.29) is 0 Å². The van der Waals surface area contributed by atoms with Gasteiger partial charge in [0, 0.05) is 0 Å². The number of hydrogen-bond donors (Lipinski definition) is 1. The molecule has 0 fully saturated rings. The van der Waals surface area contributed by atoms with Crippen LogP contribution in [-0.2, 0) is 9.53 Å². The van der Waals surface area contributed by atoms with Crippen molar-refractivity contribution in [1.29, 1.82) is 5.26 Å². The van der Waals surface area contributed by atoms with Crippen molar-refractivity contribution in [2.75, 3.05) is 0 Å². The molecule has 0 amide bonds. The third-order valence-electron chi connectivity index (χ3n) is 0.271. The van der Waals surface area contributed by atoms with Gasteiger partial charge in [-0.1, -0.05) is 0 Å². The average molecular weight is 115 g/mol. The standard InChI is InChI=1S/C3HNO4/c4-1-2(5)8-3(6)7/h(H,6,7). The largest absolute Gasteiger partial charge is 0.514 e. The molecule has 0 aliphatic carbocycles. The molecule has 0 saturated carbocycles. The van der Waals surface area contributed by atoms with E-state index in [0.29, 0.717) is 0 Å². The van der Waals surface area contributed by atoms with E-state index in [0.717, 1.165) is 6.07 Å². The van der Waals surface area contributed by atoms with Gasteiger partial charge < -0.3 is 9.84 Å². The van der Waals surface area contributed by atoms with Gasteiger partial charge in [-0.3, -0.25) is 0 Å². The van der Waals surface area contributed by atoms with Gasteiger partial charge >= 0.3 is 12.1 Å². The summed E-state index contributed by atoms with van der Waals surface area (Å²) in [5.41, 5.74) is 0. The predicted molar refractivity (Wildman–Crippen MR) is 19.7 cm³/mol. The molecule has 0 aromatic carbocycles. The van der Waals surface area contributed by atoms with Gasteiger partial charge in [0.1, 0.15) is 0 Å². The Kier molecular flexibility index (Phi) is 2.07. The number of ether oxygens (including phenoxy) is 1. The lowest BCUT2D eigenvalue weighted by Crippen LogP contribution is -2.06. The van der Waals surface area contributed by atoms with Crippen molar-refractivity contribution in [3.63, 3.8) is 0 Å². The van der Waals surface area contributed by atoms with Crippen LogP contribution in [-0.4, -0.2) is 17.2 Å². The summed E-state index contributed by atoms with van der Waals surface area (Å²) in [6.07, 6.45) is -1.77. The maximum Gasteiger partial charge on any atom is 0.514 e. The number of nitrogens with zero attached hydrogens (tertiary/aromatic N) is 1. The molecule has 0 rings (SSSR count). The molecule has 5 nitrogen and oxygen atoms in total. The minimum absolute atomic E-state index is 0.954. The Labute approximate surface area is 44.1 Å². The minimum Gasteiger partial charge on any atom is -0.449 e. The molecule has 0 radical (unpaired) electrons. The zero-order valence-corrected chi connectivity index (χ0v) is 3.62. The summed E-state index contributed by atoms with van der Waals surface area (Å²) in [5, 5.41) is 15.2. The molecule has 0 heterocycles. The number of rotatable bonds is 0. The lowest BCUT2D eigenvalue weighted by Gasteiger charge is -1.83. The lowest BCUT2D eigenvalue weighted by molar-refractivity contribution is -0.132. The van der Waals surface area contributed by atoms with Crippen molar-refractivity contribution in [2.45, 2.75) is 0 Å². The second kappa shape index (κ2) is 2.58. The molecule has 0 spiro atoms. The first-order chi connectivity index (χ1) is 3.66. The molecule has 0 aromatic rings. The lowest BCUT2D eigenvalue weighted by atomic mass is 10.8. The first-order valence-corrected chi connectivity index (χ1v) is 1.51. The van der Waals surface area contributed by atoms with Gasteiger partial charge in [-0.2, -0.15) is 5.26 Å². The predicted octanol–water partition coefficient (Wildman–Crippen LogP) is -0.269. The molecular weight excluding hydrogens is 114 g/mol. The van der Waals surface area contributed by atoms with Crippen LogP contribution in [0.3, 0.4) is 0 Å². The van der Waals surface area contributed by atoms with Gasteiger partial charge in [-0.15, -0.1) is 0 Å². The minimum atomic E-state index is -1.77. The average Bonchev–Trinajstić information content (AvgIpc) is 1.65. The quantitative estimate of drug-likeness (QED) is 0.266. The fourth-order valence-corrected chi connectivity index (χ4v) is 0.102. The zero-order valence-electron chi connectivity index (χ0n) is 3.62. The van der Waals surface area contributed by atoms with Gasteiger partial charge in [-0.25, -0.2) is 9.59 Å². The van der Waals surface area contributed by atoms with E-state index in [1.165, 1.54) is 0 Å². The molecule has 5 heteroatoms. The van der Waals surface area contributed by atoms with Gasteiger partial charge in [-0.05, 0) is 0 Å². The van der Waals surface area contributed by atoms with Crippen LogP contribution in [0.4, 0.5) is 4.79 Å².